The van der Waals surface area contributed by atoms with Crippen molar-refractivity contribution in [2.24, 2.45) is 0 Å². The lowest BCUT2D eigenvalue weighted by Gasteiger charge is -2.09. The van der Waals surface area contributed by atoms with Gasteiger partial charge in [-0.05, 0) is 48.2 Å². The number of imide groups is 1. The Balaban J connectivity index is 1.51. The first-order valence-electron chi connectivity index (χ1n) is 9.21. The molecule has 0 radical (unpaired) electrons. The van der Waals surface area contributed by atoms with E-state index in [9.17, 15) is 19.2 Å². The maximum absolute atomic E-state index is 12.7. The molecule has 10 heteroatoms. The van der Waals surface area contributed by atoms with E-state index < -0.39 is 23.1 Å². The third-order valence-electron chi connectivity index (χ3n) is 4.53. The van der Waals surface area contributed by atoms with Crippen LogP contribution in [0.25, 0.3) is 17.4 Å². The van der Waals surface area contributed by atoms with Gasteiger partial charge in [0.25, 0.3) is 11.1 Å². The second kappa shape index (κ2) is 8.60. The van der Waals surface area contributed by atoms with Crippen LogP contribution in [0.3, 0.4) is 0 Å². The van der Waals surface area contributed by atoms with Gasteiger partial charge in [-0.3, -0.25) is 14.5 Å². The highest BCUT2D eigenvalue weighted by Gasteiger charge is 2.36. The Morgan fingerprint density at radius 1 is 1.12 bits per heavy atom. The number of aromatic carboxylic acids is 1. The maximum Gasteiger partial charge on any atom is 0.373 e. The summed E-state index contributed by atoms with van der Waals surface area (Å²) in [6.07, 6.45) is 1.44. The summed E-state index contributed by atoms with van der Waals surface area (Å²) in [5, 5.41) is 8.64. The van der Waals surface area contributed by atoms with Crippen molar-refractivity contribution in [1.29, 1.82) is 0 Å². The molecule has 0 unspecified atom stereocenters. The molecular formula is C22H15NO8S. The molecular weight excluding hydrogens is 438 g/mol. The Kier molecular flexibility index (Phi) is 5.69. The predicted molar refractivity (Wildman–Crippen MR) is 113 cm³/mol. The fourth-order valence-corrected chi connectivity index (χ4v) is 3.80. The Hall–Kier alpha value is -4.05. The molecule has 1 aliphatic rings. The van der Waals surface area contributed by atoms with Gasteiger partial charge in [0, 0.05) is 11.6 Å². The number of carbonyl (C=O) groups excluding carboxylic acids is 3. The summed E-state index contributed by atoms with van der Waals surface area (Å²) >= 11 is 0.752. The summed E-state index contributed by atoms with van der Waals surface area (Å²) in [7, 11) is 1.22. The molecule has 2 aromatic heterocycles. The largest absolute Gasteiger partial charge is 0.478 e. The average molecular weight is 453 g/mol. The van der Waals surface area contributed by atoms with Gasteiger partial charge in [0.1, 0.15) is 17.3 Å². The summed E-state index contributed by atoms with van der Waals surface area (Å²) in [6.45, 7) is -0.135. The Morgan fingerprint density at radius 2 is 1.94 bits per heavy atom. The van der Waals surface area contributed by atoms with Crippen LogP contribution in [0.4, 0.5) is 4.79 Å². The van der Waals surface area contributed by atoms with Gasteiger partial charge in [-0.25, -0.2) is 9.59 Å². The van der Waals surface area contributed by atoms with Crippen LogP contribution in [0.1, 0.15) is 32.4 Å². The molecule has 9 nitrogen and oxygen atoms in total. The molecule has 1 fully saturated rings. The van der Waals surface area contributed by atoms with E-state index in [2.05, 4.69) is 4.74 Å². The highest BCUT2D eigenvalue weighted by molar-refractivity contribution is 8.18. The average Bonchev–Trinajstić information content (AvgIpc) is 3.50. The zero-order valence-corrected chi connectivity index (χ0v) is 17.4. The number of rotatable bonds is 6. The SMILES string of the molecule is COC(=O)c1ccc(CN2C(=O)SC(=Cc3ccc(-c4cccc(C(=O)O)c4)o3)C2=O)o1. The lowest BCUT2D eigenvalue weighted by molar-refractivity contribution is -0.123. The zero-order chi connectivity index (χ0) is 22.8. The normalized spacial score (nSPS) is 14.9. The highest BCUT2D eigenvalue weighted by Crippen LogP contribution is 2.34. The third-order valence-corrected chi connectivity index (χ3v) is 5.44. The Morgan fingerprint density at radius 3 is 2.69 bits per heavy atom. The number of thioether (sulfide) groups is 1. The number of nitrogens with zero attached hydrogens (tertiary/aromatic N) is 1. The first kappa shape index (κ1) is 21.2. The number of benzene rings is 1. The van der Waals surface area contributed by atoms with Gasteiger partial charge in [0.05, 0.1) is 24.1 Å². The van der Waals surface area contributed by atoms with Crippen LogP contribution in [0, 0.1) is 0 Å². The number of amides is 2. The molecule has 1 N–H and O–H groups in total. The number of carboxylic acid groups (broad SMARTS) is 1. The Labute approximate surface area is 185 Å². The van der Waals surface area contributed by atoms with E-state index in [1.165, 1.54) is 37.5 Å². The van der Waals surface area contributed by atoms with Gasteiger partial charge < -0.3 is 18.7 Å². The second-order valence-corrected chi connectivity index (χ2v) is 7.61. The summed E-state index contributed by atoms with van der Waals surface area (Å²) < 4.78 is 15.6. The van der Waals surface area contributed by atoms with E-state index in [1.807, 2.05) is 0 Å². The minimum absolute atomic E-state index is 0.0277. The molecule has 1 aromatic carbocycles. The highest BCUT2D eigenvalue weighted by atomic mass is 32.2. The molecule has 32 heavy (non-hydrogen) atoms. The van der Waals surface area contributed by atoms with Crippen molar-refractivity contribution in [2.75, 3.05) is 7.11 Å². The van der Waals surface area contributed by atoms with Crippen LogP contribution >= 0.6 is 11.8 Å². The summed E-state index contributed by atoms with van der Waals surface area (Å²) in [5.74, 6) is -1.26. The molecule has 0 bridgehead atoms. The number of hydrogen-bond donors (Lipinski definition) is 1. The van der Waals surface area contributed by atoms with Crippen molar-refractivity contribution in [1.82, 2.24) is 4.90 Å². The van der Waals surface area contributed by atoms with Gasteiger partial charge in [-0.15, -0.1) is 0 Å². The molecule has 1 saturated heterocycles. The molecule has 0 saturated carbocycles. The standard InChI is InChI=1S/C22H15NO8S/c1-29-21(27)17-8-6-15(31-17)11-23-19(24)18(32-22(23)28)10-14-5-7-16(30-14)12-3-2-4-13(9-12)20(25)26/h2-10H,11H2,1H3,(H,25,26). The van der Waals surface area contributed by atoms with Gasteiger partial charge in [0.2, 0.25) is 5.76 Å². The van der Waals surface area contributed by atoms with E-state index in [1.54, 1.807) is 24.3 Å². The van der Waals surface area contributed by atoms with Gasteiger partial charge in [0.15, 0.2) is 0 Å². The number of methoxy groups -OCH3 is 1. The van der Waals surface area contributed by atoms with Crippen LogP contribution in [-0.2, 0) is 16.1 Å². The molecule has 3 heterocycles. The lowest BCUT2D eigenvalue weighted by Crippen LogP contribution is -2.27. The number of furan rings is 2. The fourth-order valence-electron chi connectivity index (χ4n) is 2.99. The maximum atomic E-state index is 12.7. The summed E-state index contributed by atoms with van der Waals surface area (Å²) in [5.41, 5.74) is 0.687. The first-order chi connectivity index (χ1) is 15.4. The van der Waals surface area contributed by atoms with E-state index >= 15 is 0 Å². The van der Waals surface area contributed by atoms with Crippen LogP contribution in [-0.4, -0.2) is 40.2 Å². The summed E-state index contributed by atoms with van der Waals surface area (Å²) in [4.78, 5) is 48.8. The van der Waals surface area contributed by atoms with Crippen molar-refractivity contribution in [3.63, 3.8) is 0 Å². The van der Waals surface area contributed by atoms with Gasteiger partial charge in [-0.2, -0.15) is 0 Å². The Bertz CT molecular complexity index is 1270. The summed E-state index contributed by atoms with van der Waals surface area (Å²) in [6, 6.07) is 12.4. The number of esters is 1. The van der Waals surface area contributed by atoms with Crippen LogP contribution in [0.2, 0.25) is 0 Å². The van der Waals surface area contributed by atoms with Crippen LogP contribution in [0.5, 0.6) is 0 Å². The van der Waals surface area contributed by atoms with Crippen molar-refractivity contribution >= 4 is 40.9 Å². The van der Waals surface area contributed by atoms with Crippen molar-refractivity contribution in [2.45, 2.75) is 6.54 Å². The number of ether oxygens (including phenoxy) is 1. The number of hydrogen-bond acceptors (Lipinski definition) is 8. The molecule has 4 rings (SSSR count). The van der Waals surface area contributed by atoms with E-state index in [-0.39, 0.29) is 28.5 Å². The van der Waals surface area contributed by atoms with Crippen molar-refractivity contribution < 1.29 is 37.9 Å². The molecule has 0 spiro atoms. The van der Waals surface area contributed by atoms with E-state index in [0.29, 0.717) is 17.1 Å². The number of carboxylic acids is 1. The molecule has 0 aliphatic carbocycles. The monoisotopic (exact) mass is 453 g/mol. The fraction of sp³-hybridized carbons (Fsp3) is 0.0909. The molecule has 1 aliphatic heterocycles. The quantitative estimate of drug-likeness (QED) is 0.430. The van der Waals surface area contributed by atoms with Crippen molar-refractivity contribution in [3.05, 3.63) is 76.3 Å². The lowest BCUT2D eigenvalue weighted by atomic mass is 10.1. The minimum Gasteiger partial charge on any atom is -0.478 e. The molecule has 2 amide bonds. The smallest absolute Gasteiger partial charge is 0.373 e. The minimum atomic E-state index is -1.05. The third kappa shape index (κ3) is 4.21. The van der Waals surface area contributed by atoms with E-state index in [0.717, 1.165) is 16.7 Å². The second-order valence-electron chi connectivity index (χ2n) is 6.61. The van der Waals surface area contributed by atoms with Crippen LogP contribution < -0.4 is 0 Å². The van der Waals surface area contributed by atoms with Crippen molar-refractivity contribution in [3.8, 4) is 11.3 Å². The van der Waals surface area contributed by atoms with Gasteiger partial charge in [-0.1, -0.05) is 12.1 Å². The topological polar surface area (TPSA) is 127 Å². The molecule has 3 aromatic rings. The molecule has 0 atom stereocenters. The van der Waals surface area contributed by atoms with Crippen LogP contribution in [0.15, 0.2) is 62.3 Å². The first-order valence-corrected chi connectivity index (χ1v) is 10.0. The number of carbonyl (C=O) groups is 4. The zero-order valence-electron chi connectivity index (χ0n) is 16.6. The van der Waals surface area contributed by atoms with E-state index in [4.69, 9.17) is 13.9 Å². The van der Waals surface area contributed by atoms with Gasteiger partial charge >= 0.3 is 11.9 Å². The predicted octanol–water partition coefficient (Wildman–Crippen LogP) is 4.26. The molecule has 162 valence electrons.